The zero-order valence-corrected chi connectivity index (χ0v) is 14.7. The normalized spacial score (nSPS) is 8.52. The molecule has 0 spiro atoms. The molecule has 4 N–H and O–H groups in total. The fraction of sp³-hybridized carbons (Fsp3) is 0.611. The van der Waals surface area contributed by atoms with Gasteiger partial charge in [0.2, 0.25) is 0 Å². The Morgan fingerprint density at radius 1 is 0.957 bits per heavy atom. The van der Waals surface area contributed by atoms with Gasteiger partial charge in [-0.25, -0.2) is 4.57 Å². The van der Waals surface area contributed by atoms with E-state index < -0.39 is 0 Å². The molecule has 1 heterocycles. The van der Waals surface area contributed by atoms with E-state index in [1.807, 2.05) is 0 Å². The molecular weight excluding hydrogens is 286 g/mol. The van der Waals surface area contributed by atoms with Crippen molar-refractivity contribution in [2.75, 3.05) is 0 Å². The molecule has 0 aliphatic carbocycles. The number of nitrogens with zero attached hydrogens (tertiary/aromatic N) is 3. The Labute approximate surface area is 141 Å². The van der Waals surface area contributed by atoms with E-state index >= 15 is 0 Å². The monoisotopic (exact) mass is 318 g/mol. The highest BCUT2D eigenvalue weighted by atomic mass is 14.9. The highest BCUT2D eigenvalue weighted by molar-refractivity contribution is 5.01. The number of aryl methyl sites for hydroxylation is 2. The highest BCUT2D eigenvalue weighted by Crippen LogP contribution is 2.08. The molecule has 5 nitrogen and oxygen atoms in total. The molecule has 1 rings (SSSR count). The second-order valence-corrected chi connectivity index (χ2v) is 5.35. The van der Waals surface area contributed by atoms with Crippen LogP contribution in [0.1, 0.15) is 63.9 Å². The molecular formula is C18H32N5+. The summed E-state index contributed by atoms with van der Waals surface area (Å²) in [5, 5.41) is 14.2. The van der Waals surface area contributed by atoms with Gasteiger partial charge in [-0.1, -0.05) is 45.4 Å². The topological polar surface area (TPSA) is 103 Å². The van der Waals surface area contributed by atoms with Gasteiger partial charge in [-0.2, -0.15) is 10.5 Å². The van der Waals surface area contributed by atoms with E-state index in [0.29, 0.717) is 0 Å². The summed E-state index contributed by atoms with van der Waals surface area (Å²) in [5.74, 6) is 0. The Morgan fingerprint density at radius 2 is 1.43 bits per heavy atom. The standard InChI is InChI=1S/C16H28N.2CH2N2/c1-3-4-5-6-7-8-9-10-13-17-14-11-12-16(2)15-17;2*2-1-3/h11-12,14-15H,3-10,13H2,1-2H3;2*2H2/q+1;;. The van der Waals surface area contributed by atoms with Crippen molar-refractivity contribution in [2.24, 2.45) is 11.5 Å². The quantitative estimate of drug-likeness (QED) is 0.315. The first-order valence-corrected chi connectivity index (χ1v) is 8.31. The highest BCUT2D eigenvalue weighted by Gasteiger charge is 1.99. The molecule has 0 fully saturated rings. The fourth-order valence-corrected chi connectivity index (χ4v) is 2.22. The summed E-state index contributed by atoms with van der Waals surface area (Å²) in [5.41, 5.74) is 9.66. The minimum absolute atomic E-state index is 1.18. The van der Waals surface area contributed by atoms with Crippen molar-refractivity contribution in [3.8, 4) is 12.4 Å². The lowest BCUT2D eigenvalue weighted by molar-refractivity contribution is -0.697. The van der Waals surface area contributed by atoms with Crippen molar-refractivity contribution in [2.45, 2.75) is 71.8 Å². The number of rotatable bonds is 9. The van der Waals surface area contributed by atoms with Crippen LogP contribution in [0.3, 0.4) is 0 Å². The number of aromatic nitrogens is 1. The van der Waals surface area contributed by atoms with E-state index in [-0.39, 0.29) is 0 Å². The number of hydrogen-bond donors (Lipinski definition) is 2. The summed E-state index contributed by atoms with van der Waals surface area (Å²) < 4.78 is 2.31. The minimum atomic E-state index is 1.18. The van der Waals surface area contributed by atoms with Gasteiger partial charge in [0, 0.05) is 18.1 Å². The van der Waals surface area contributed by atoms with Gasteiger partial charge < -0.3 is 11.5 Å². The third-order valence-electron chi connectivity index (χ3n) is 3.28. The molecule has 0 radical (unpaired) electrons. The predicted molar refractivity (Wildman–Crippen MR) is 93.6 cm³/mol. The zero-order chi connectivity index (χ0) is 17.8. The first kappa shape index (κ1) is 23.0. The molecule has 0 aliphatic rings. The summed E-state index contributed by atoms with van der Waals surface area (Å²) in [7, 11) is 0. The van der Waals surface area contributed by atoms with Crippen LogP contribution in [0.2, 0.25) is 0 Å². The molecule has 0 saturated carbocycles. The van der Waals surface area contributed by atoms with Crippen molar-refractivity contribution >= 4 is 0 Å². The van der Waals surface area contributed by atoms with E-state index in [1.165, 1.54) is 75.9 Å². The van der Waals surface area contributed by atoms with E-state index in [2.05, 4.69) is 54.4 Å². The molecule has 1 aromatic heterocycles. The van der Waals surface area contributed by atoms with Gasteiger partial charge in [0.15, 0.2) is 24.8 Å². The summed E-state index contributed by atoms with van der Waals surface area (Å²) in [6.45, 7) is 5.61. The SMILES string of the molecule is CCCCCCCCCC[n+]1cccc(C)c1.N#CN.N#CN. The Kier molecular flexibility index (Phi) is 19.7. The van der Waals surface area contributed by atoms with Crippen LogP contribution in [0, 0.1) is 29.8 Å². The van der Waals surface area contributed by atoms with E-state index in [1.54, 1.807) is 0 Å². The van der Waals surface area contributed by atoms with Crippen LogP contribution in [-0.4, -0.2) is 0 Å². The number of hydrogen-bond acceptors (Lipinski definition) is 4. The van der Waals surface area contributed by atoms with Crippen LogP contribution in [0.5, 0.6) is 0 Å². The molecule has 0 aromatic carbocycles. The average Bonchev–Trinajstić information content (AvgIpc) is 2.52. The lowest BCUT2D eigenvalue weighted by Crippen LogP contribution is -2.32. The average molecular weight is 318 g/mol. The maximum Gasteiger partial charge on any atom is 0.173 e. The first-order chi connectivity index (χ1) is 11.2. The molecule has 0 aliphatic heterocycles. The Bertz CT molecular complexity index is 433. The Balaban J connectivity index is 0. The third-order valence-corrected chi connectivity index (χ3v) is 3.28. The minimum Gasteiger partial charge on any atom is -0.337 e. The van der Waals surface area contributed by atoms with Crippen molar-refractivity contribution in [3.05, 3.63) is 30.1 Å². The number of nitrogens with two attached hydrogens (primary N) is 2. The first-order valence-electron chi connectivity index (χ1n) is 8.31. The maximum absolute atomic E-state index is 7.10. The number of nitriles is 2. The summed E-state index contributed by atoms with van der Waals surface area (Å²) in [6.07, 6.45) is 18.1. The molecule has 0 atom stereocenters. The van der Waals surface area contributed by atoms with Gasteiger partial charge in [0.1, 0.15) is 6.54 Å². The Morgan fingerprint density at radius 3 is 1.91 bits per heavy atom. The lowest BCUT2D eigenvalue weighted by atomic mass is 10.1. The van der Waals surface area contributed by atoms with Crippen molar-refractivity contribution < 1.29 is 4.57 Å². The van der Waals surface area contributed by atoms with E-state index in [4.69, 9.17) is 10.5 Å². The van der Waals surface area contributed by atoms with Gasteiger partial charge in [-0.15, -0.1) is 0 Å². The van der Waals surface area contributed by atoms with Crippen LogP contribution in [0.25, 0.3) is 0 Å². The van der Waals surface area contributed by atoms with Crippen molar-refractivity contribution in [1.29, 1.82) is 10.5 Å². The lowest BCUT2D eigenvalue weighted by Gasteiger charge is -2.00. The number of unbranched alkanes of at least 4 members (excludes halogenated alkanes) is 7. The fourth-order valence-electron chi connectivity index (χ4n) is 2.22. The summed E-state index contributed by atoms with van der Waals surface area (Å²) >= 11 is 0. The Hall–Kier alpha value is -2.27. The predicted octanol–water partition coefficient (Wildman–Crippen LogP) is 3.28. The van der Waals surface area contributed by atoms with Crippen molar-refractivity contribution in [1.82, 2.24) is 0 Å². The van der Waals surface area contributed by atoms with Crippen LogP contribution in [0.4, 0.5) is 0 Å². The van der Waals surface area contributed by atoms with Crippen LogP contribution >= 0.6 is 0 Å². The van der Waals surface area contributed by atoms with E-state index in [0.717, 1.165) is 0 Å². The second kappa shape index (κ2) is 19.7. The molecule has 5 heteroatoms. The van der Waals surface area contributed by atoms with Gasteiger partial charge >= 0.3 is 0 Å². The summed E-state index contributed by atoms with van der Waals surface area (Å²) in [4.78, 5) is 0. The smallest absolute Gasteiger partial charge is 0.173 e. The second-order valence-electron chi connectivity index (χ2n) is 5.35. The van der Waals surface area contributed by atoms with Gasteiger partial charge in [-0.05, 0) is 19.4 Å². The summed E-state index contributed by atoms with van der Waals surface area (Å²) in [6, 6.07) is 4.30. The molecule has 0 amide bonds. The molecule has 0 bridgehead atoms. The molecule has 23 heavy (non-hydrogen) atoms. The van der Waals surface area contributed by atoms with Gasteiger partial charge in [-0.3, -0.25) is 0 Å². The maximum atomic E-state index is 7.10. The van der Waals surface area contributed by atoms with Gasteiger partial charge in [0.05, 0.1) is 0 Å². The third kappa shape index (κ3) is 19.7. The van der Waals surface area contributed by atoms with Gasteiger partial charge in [0.25, 0.3) is 0 Å². The van der Waals surface area contributed by atoms with E-state index in [9.17, 15) is 0 Å². The molecule has 1 aromatic rings. The molecule has 0 unspecified atom stereocenters. The van der Waals surface area contributed by atoms with Crippen LogP contribution in [-0.2, 0) is 6.54 Å². The largest absolute Gasteiger partial charge is 0.337 e. The zero-order valence-electron chi connectivity index (χ0n) is 14.7. The molecule has 128 valence electrons. The molecule has 0 saturated heterocycles. The van der Waals surface area contributed by atoms with Crippen LogP contribution < -0.4 is 16.0 Å². The van der Waals surface area contributed by atoms with Crippen molar-refractivity contribution in [3.63, 3.8) is 0 Å². The van der Waals surface area contributed by atoms with Crippen LogP contribution in [0.15, 0.2) is 24.5 Å². The number of pyridine rings is 1.